The van der Waals surface area contributed by atoms with Crippen LogP contribution in [0.3, 0.4) is 0 Å². The van der Waals surface area contributed by atoms with Crippen molar-refractivity contribution < 1.29 is 19.1 Å². The van der Waals surface area contributed by atoms with E-state index in [1.54, 1.807) is 24.3 Å². The molecule has 2 heterocycles. The molecule has 1 aromatic heterocycles. The Kier molecular flexibility index (Phi) is 6.87. The van der Waals surface area contributed by atoms with Crippen molar-refractivity contribution in [2.75, 3.05) is 12.0 Å². The summed E-state index contributed by atoms with van der Waals surface area (Å²) in [7, 11) is 0. The van der Waals surface area contributed by atoms with Gasteiger partial charge in [-0.25, -0.2) is 4.79 Å². The third-order valence-corrected chi connectivity index (χ3v) is 6.36. The van der Waals surface area contributed by atoms with E-state index in [-0.39, 0.29) is 4.32 Å². The molecule has 1 aliphatic rings. The molecule has 1 fully saturated rings. The summed E-state index contributed by atoms with van der Waals surface area (Å²) in [5, 5.41) is 10.1. The second-order valence-corrected chi connectivity index (χ2v) is 8.94. The second-order valence-electron chi connectivity index (χ2n) is 5.87. The van der Waals surface area contributed by atoms with E-state index < -0.39 is 17.9 Å². The van der Waals surface area contributed by atoms with Crippen molar-refractivity contribution in [2.24, 2.45) is 0 Å². The third-order valence-electron chi connectivity index (χ3n) is 4.06. The smallest absolute Gasteiger partial charge is 0.326 e. The molecule has 5 nitrogen and oxygen atoms in total. The van der Waals surface area contributed by atoms with Crippen LogP contribution in [-0.4, -0.2) is 44.3 Å². The number of furan rings is 1. The molecule has 0 saturated carbocycles. The lowest BCUT2D eigenvalue weighted by molar-refractivity contribution is -0.145. The number of nitrogens with zero attached hydrogens (tertiary/aromatic N) is 1. The summed E-state index contributed by atoms with van der Waals surface area (Å²) in [4.78, 5) is 25.9. The maximum atomic E-state index is 12.8. The SMILES string of the molecule is CSCCC(C(=O)O)N1C(=O)C(=Cc2ccc(-c3ccccc3Cl)o2)SC1=S. The Hall–Kier alpha value is -1.74. The molecule has 1 amide bonds. The predicted octanol–water partition coefficient (Wildman–Crippen LogP) is 5.01. The van der Waals surface area contributed by atoms with E-state index in [4.69, 9.17) is 28.2 Å². The first-order valence-electron chi connectivity index (χ1n) is 8.26. The monoisotopic (exact) mass is 453 g/mol. The number of carboxylic acids is 1. The van der Waals surface area contributed by atoms with E-state index in [9.17, 15) is 14.7 Å². The van der Waals surface area contributed by atoms with E-state index >= 15 is 0 Å². The highest BCUT2D eigenvalue weighted by molar-refractivity contribution is 8.26. The Morgan fingerprint density at radius 3 is 2.82 bits per heavy atom. The van der Waals surface area contributed by atoms with Crippen LogP contribution >= 0.6 is 47.3 Å². The van der Waals surface area contributed by atoms with Gasteiger partial charge in [-0.15, -0.1) is 0 Å². The maximum Gasteiger partial charge on any atom is 0.326 e. The summed E-state index contributed by atoms with van der Waals surface area (Å²) in [5.41, 5.74) is 0.749. The molecular formula is C19H16ClNO4S3. The van der Waals surface area contributed by atoms with Crippen molar-refractivity contribution in [1.29, 1.82) is 0 Å². The number of hydrogen-bond acceptors (Lipinski definition) is 6. The molecule has 1 N–H and O–H groups in total. The number of thiocarbonyl (C=S) groups is 1. The average molecular weight is 454 g/mol. The number of benzene rings is 1. The number of carbonyl (C=O) groups is 2. The molecule has 1 aliphatic heterocycles. The Labute approximate surface area is 181 Å². The van der Waals surface area contributed by atoms with Crippen LogP contribution in [-0.2, 0) is 9.59 Å². The molecule has 0 aliphatic carbocycles. The molecule has 146 valence electrons. The van der Waals surface area contributed by atoms with Crippen molar-refractivity contribution in [1.82, 2.24) is 4.90 Å². The predicted molar refractivity (Wildman–Crippen MR) is 119 cm³/mol. The maximum absolute atomic E-state index is 12.8. The standard InChI is InChI=1S/C19H16ClNO4S3/c1-27-9-8-14(18(23)24)21-17(22)16(28-19(21)26)10-11-6-7-15(25-11)12-4-2-3-5-13(12)20/h2-7,10,14H,8-9H2,1H3,(H,23,24). The summed E-state index contributed by atoms with van der Waals surface area (Å²) >= 11 is 14.1. The highest BCUT2D eigenvalue weighted by Crippen LogP contribution is 2.36. The van der Waals surface area contributed by atoms with Crippen LogP contribution in [0, 0.1) is 0 Å². The first-order valence-corrected chi connectivity index (χ1v) is 11.3. The van der Waals surface area contributed by atoms with Crippen molar-refractivity contribution in [3.63, 3.8) is 0 Å². The molecule has 9 heteroatoms. The van der Waals surface area contributed by atoms with Gasteiger partial charge >= 0.3 is 5.97 Å². The fraction of sp³-hybridized carbons (Fsp3) is 0.211. The molecule has 1 unspecified atom stereocenters. The largest absolute Gasteiger partial charge is 0.480 e. The average Bonchev–Trinajstić information content (AvgIpc) is 3.22. The number of aliphatic carboxylic acids is 1. The van der Waals surface area contributed by atoms with Crippen molar-refractivity contribution in [3.05, 3.63) is 52.1 Å². The zero-order chi connectivity index (χ0) is 20.3. The van der Waals surface area contributed by atoms with Crippen LogP contribution in [0.1, 0.15) is 12.2 Å². The lowest BCUT2D eigenvalue weighted by atomic mass is 10.2. The molecule has 2 aromatic rings. The highest BCUT2D eigenvalue weighted by atomic mass is 35.5. The quantitative estimate of drug-likeness (QED) is 0.466. The number of carbonyl (C=O) groups excluding carboxylic acids is 1. The molecule has 1 atom stereocenters. The van der Waals surface area contributed by atoms with Crippen LogP contribution in [0.15, 0.2) is 45.7 Å². The Morgan fingerprint density at radius 1 is 1.39 bits per heavy atom. The molecular weight excluding hydrogens is 438 g/mol. The van der Waals surface area contributed by atoms with Gasteiger partial charge in [-0.2, -0.15) is 11.8 Å². The van der Waals surface area contributed by atoms with Crippen LogP contribution in [0.5, 0.6) is 0 Å². The highest BCUT2D eigenvalue weighted by Gasteiger charge is 2.40. The van der Waals surface area contributed by atoms with Crippen LogP contribution in [0.2, 0.25) is 5.02 Å². The van der Waals surface area contributed by atoms with Gasteiger partial charge in [0.25, 0.3) is 5.91 Å². The van der Waals surface area contributed by atoms with Gasteiger partial charge < -0.3 is 9.52 Å². The number of thioether (sulfide) groups is 2. The van der Waals surface area contributed by atoms with E-state index in [0.717, 1.165) is 17.3 Å². The lowest BCUT2D eigenvalue weighted by Crippen LogP contribution is -2.44. The summed E-state index contributed by atoms with van der Waals surface area (Å²) < 4.78 is 6.03. The van der Waals surface area contributed by atoms with Gasteiger partial charge in [0, 0.05) is 11.6 Å². The van der Waals surface area contributed by atoms with Gasteiger partial charge in [0.2, 0.25) is 0 Å². The first-order chi connectivity index (χ1) is 13.4. The van der Waals surface area contributed by atoms with Gasteiger partial charge in [-0.1, -0.05) is 47.7 Å². The summed E-state index contributed by atoms with van der Waals surface area (Å²) in [6.45, 7) is 0. The fourth-order valence-corrected chi connectivity index (χ4v) is 4.73. The van der Waals surface area contributed by atoms with Crippen molar-refractivity contribution in [2.45, 2.75) is 12.5 Å². The van der Waals surface area contributed by atoms with Crippen molar-refractivity contribution in [3.8, 4) is 11.3 Å². The molecule has 0 radical (unpaired) electrons. The molecule has 28 heavy (non-hydrogen) atoms. The van der Waals surface area contributed by atoms with Crippen LogP contribution in [0.25, 0.3) is 17.4 Å². The minimum atomic E-state index is -1.06. The first kappa shape index (κ1) is 21.0. The molecule has 0 spiro atoms. The number of halogens is 1. The van der Waals surface area contributed by atoms with E-state index in [1.807, 2.05) is 24.5 Å². The van der Waals surface area contributed by atoms with Gasteiger partial charge in [-0.05, 0) is 42.7 Å². The van der Waals surface area contributed by atoms with E-state index in [0.29, 0.717) is 33.6 Å². The fourth-order valence-electron chi connectivity index (χ4n) is 2.71. The molecule has 1 aromatic carbocycles. The minimum Gasteiger partial charge on any atom is -0.480 e. The Morgan fingerprint density at radius 2 is 2.14 bits per heavy atom. The summed E-state index contributed by atoms with van der Waals surface area (Å²) in [6, 6.07) is 9.82. The topological polar surface area (TPSA) is 70.8 Å². The van der Waals surface area contributed by atoms with Gasteiger partial charge in [-0.3, -0.25) is 9.69 Å². The van der Waals surface area contributed by atoms with Crippen molar-refractivity contribution >= 4 is 69.6 Å². The van der Waals surface area contributed by atoms with E-state index in [2.05, 4.69) is 0 Å². The Bertz CT molecular complexity index is 956. The summed E-state index contributed by atoms with van der Waals surface area (Å²) in [6.07, 6.45) is 3.79. The van der Waals surface area contributed by atoms with Gasteiger partial charge in [0.15, 0.2) is 0 Å². The van der Waals surface area contributed by atoms with Gasteiger partial charge in [0.1, 0.15) is 21.9 Å². The molecule has 1 saturated heterocycles. The van der Waals surface area contributed by atoms with Gasteiger partial charge in [0.05, 0.1) is 9.93 Å². The van der Waals surface area contributed by atoms with Crippen LogP contribution < -0.4 is 0 Å². The minimum absolute atomic E-state index is 0.239. The van der Waals surface area contributed by atoms with E-state index in [1.165, 1.54) is 16.7 Å². The Balaban J connectivity index is 1.84. The normalized spacial score (nSPS) is 16.8. The summed E-state index contributed by atoms with van der Waals surface area (Å²) in [5.74, 6) is 0.179. The number of rotatable bonds is 7. The molecule has 0 bridgehead atoms. The number of amides is 1. The third kappa shape index (κ3) is 4.46. The number of hydrogen-bond donors (Lipinski definition) is 1. The number of carboxylic acid groups (broad SMARTS) is 1. The second kappa shape index (κ2) is 9.17. The zero-order valence-electron chi connectivity index (χ0n) is 14.8. The molecule has 3 rings (SSSR count). The zero-order valence-corrected chi connectivity index (χ0v) is 18.0. The lowest BCUT2D eigenvalue weighted by Gasteiger charge is -2.22. The van der Waals surface area contributed by atoms with Crippen LogP contribution in [0.4, 0.5) is 0 Å².